The third-order valence-electron chi connectivity index (χ3n) is 5.11. The number of nitrogens with zero attached hydrogens (tertiary/aromatic N) is 4. The first kappa shape index (κ1) is 15.8. The zero-order valence-corrected chi connectivity index (χ0v) is 14.9. The van der Waals surface area contributed by atoms with E-state index in [4.69, 9.17) is 17.5 Å². The number of carbonyl (C=O) groups excluding carboxylic acids is 1. The summed E-state index contributed by atoms with van der Waals surface area (Å²) in [5.74, 6) is 0.753. The van der Waals surface area contributed by atoms with Gasteiger partial charge in [-0.1, -0.05) is 0 Å². The van der Waals surface area contributed by atoms with Gasteiger partial charge in [-0.05, 0) is 69.1 Å². The molecule has 2 heterocycles. The van der Waals surface area contributed by atoms with Crippen LogP contribution in [-0.2, 0) is 4.79 Å². The molecule has 2 aromatic rings. The highest BCUT2D eigenvalue weighted by molar-refractivity contribution is 7.81. The molecule has 2 fully saturated rings. The van der Waals surface area contributed by atoms with Crippen molar-refractivity contribution in [3.05, 3.63) is 41.1 Å². The lowest BCUT2D eigenvalue weighted by atomic mass is 9.75. The fourth-order valence-electron chi connectivity index (χ4n) is 3.62. The molecule has 1 spiro atoms. The van der Waals surface area contributed by atoms with Crippen molar-refractivity contribution in [2.24, 2.45) is 0 Å². The van der Waals surface area contributed by atoms with Crippen LogP contribution in [0.3, 0.4) is 0 Å². The Morgan fingerprint density at radius 3 is 2.60 bits per heavy atom. The van der Waals surface area contributed by atoms with E-state index in [0.717, 1.165) is 36.3 Å². The summed E-state index contributed by atoms with van der Waals surface area (Å²) < 4.78 is 0. The molecule has 25 heavy (non-hydrogen) atoms. The van der Waals surface area contributed by atoms with E-state index in [0.29, 0.717) is 16.4 Å². The molecule has 1 saturated carbocycles. The molecule has 1 saturated heterocycles. The summed E-state index contributed by atoms with van der Waals surface area (Å²) in [6, 6.07) is 9.42. The number of H-pyrrole nitrogens is 1. The Balaban J connectivity index is 1.80. The number of aryl methyl sites for hydroxylation is 2. The van der Waals surface area contributed by atoms with Crippen molar-refractivity contribution in [1.29, 1.82) is 5.26 Å². The topological polar surface area (TPSA) is 76.0 Å². The second-order valence-corrected chi connectivity index (χ2v) is 7.01. The Morgan fingerprint density at radius 1 is 1.32 bits per heavy atom. The van der Waals surface area contributed by atoms with Crippen LogP contribution in [0.5, 0.6) is 0 Å². The van der Waals surface area contributed by atoms with Gasteiger partial charge in [0.1, 0.15) is 11.4 Å². The summed E-state index contributed by atoms with van der Waals surface area (Å²) in [5, 5.41) is 16.8. The summed E-state index contributed by atoms with van der Waals surface area (Å²) in [6.45, 7) is 3.76. The van der Waals surface area contributed by atoms with E-state index in [1.54, 1.807) is 17.0 Å². The third kappa shape index (κ3) is 2.11. The van der Waals surface area contributed by atoms with Gasteiger partial charge in [-0.15, -0.1) is 0 Å². The maximum atomic E-state index is 13.3. The Labute approximate surface area is 151 Å². The van der Waals surface area contributed by atoms with E-state index < -0.39 is 5.54 Å². The molecule has 4 rings (SSSR count). The van der Waals surface area contributed by atoms with Crippen LogP contribution in [0, 0.1) is 25.2 Å². The molecule has 0 bridgehead atoms. The predicted octanol–water partition coefficient (Wildman–Crippen LogP) is 2.96. The van der Waals surface area contributed by atoms with E-state index in [2.05, 4.69) is 16.3 Å². The monoisotopic (exact) mass is 351 g/mol. The first-order valence-electron chi connectivity index (χ1n) is 8.19. The predicted molar refractivity (Wildman–Crippen MR) is 98.4 cm³/mol. The van der Waals surface area contributed by atoms with E-state index in [9.17, 15) is 4.79 Å². The van der Waals surface area contributed by atoms with E-state index in [1.165, 1.54) is 0 Å². The number of hydrogen-bond acceptors (Lipinski definition) is 4. The number of carbonyl (C=O) groups is 1. The minimum Gasteiger partial charge on any atom is -0.288 e. The first-order chi connectivity index (χ1) is 12.0. The molecule has 0 atom stereocenters. The molecule has 7 heteroatoms. The first-order valence-corrected chi connectivity index (χ1v) is 8.60. The molecular weight excluding hydrogens is 334 g/mol. The van der Waals surface area contributed by atoms with Crippen LogP contribution in [0.15, 0.2) is 24.3 Å². The number of amides is 1. The van der Waals surface area contributed by atoms with Crippen molar-refractivity contribution in [2.75, 3.05) is 9.80 Å². The number of nitriles is 1. The molecule has 126 valence electrons. The average Bonchev–Trinajstić information content (AvgIpc) is 3.05. The quantitative estimate of drug-likeness (QED) is 0.842. The number of anilines is 2. The van der Waals surface area contributed by atoms with Crippen molar-refractivity contribution < 1.29 is 4.79 Å². The maximum absolute atomic E-state index is 13.3. The van der Waals surface area contributed by atoms with Crippen LogP contribution in [-0.4, -0.2) is 26.8 Å². The van der Waals surface area contributed by atoms with Crippen molar-refractivity contribution in [2.45, 2.75) is 38.6 Å². The molecule has 2 aliphatic rings. The van der Waals surface area contributed by atoms with Crippen molar-refractivity contribution in [3.63, 3.8) is 0 Å². The van der Waals surface area contributed by atoms with E-state index in [-0.39, 0.29) is 5.91 Å². The summed E-state index contributed by atoms with van der Waals surface area (Å²) in [5.41, 5.74) is 2.37. The van der Waals surface area contributed by atoms with Gasteiger partial charge in [0.2, 0.25) is 0 Å². The Hall–Kier alpha value is -2.72. The lowest BCUT2D eigenvalue weighted by Gasteiger charge is -2.42. The Kier molecular flexibility index (Phi) is 3.41. The summed E-state index contributed by atoms with van der Waals surface area (Å²) >= 11 is 5.68. The largest absolute Gasteiger partial charge is 0.288 e. The molecule has 1 amide bonds. The Morgan fingerprint density at radius 2 is 2.08 bits per heavy atom. The molecule has 1 aromatic heterocycles. The normalized spacial score (nSPS) is 18.6. The average molecular weight is 351 g/mol. The number of rotatable bonds is 2. The third-order valence-corrected chi connectivity index (χ3v) is 5.48. The highest BCUT2D eigenvalue weighted by Gasteiger charge is 2.60. The van der Waals surface area contributed by atoms with Crippen LogP contribution < -0.4 is 9.80 Å². The molecular formula is C18H17N5OS. The van der Waals surface area contributed by atoms with Crippen LogP contribution >= 0.6 is 12.2 Å². The minimum absolute atomic E-state index is 0.000103. The summed E-state index contributed by atoms with van der Waals surface area (Å²) in [4.78, 5) is 16.8. The van der Waals surface area contributed by atoms with Crippen molar-refractivity contribution in [3.8, 4) is 6.07 Å². The Bertz CT molecular complexity index is 937. The number of hydrogen-bond donors (Lipinski definition) is 1. The van der Waals surface area contributed by atoms with Crippen LogP contribution in [0.2, 0.25) is 0 Å². The van der Waals surface area contributed by atoms with E-state index in [1.807, 2.05) is 30.9 Å². The maximum Gasteiger partial charge on any atom is 0.259 e. The SMILES string of the molecule is Cc1cc(N2C(=S)N(c3ccc(C#N)c(C)c3)C(=O)C23CCC3)[nH]n1. The number of nitrogens with one attached hydrogen (secondary N) is 1. The highest BCUT2D eigenvalue weighted by Crippen LogP contribution is 2.47. The van der Waals surface area contributed by atoms with Gasteiger partial charge in [0, 0.05) is 6.07 Å². The lowest BCUT2D eigenvalue weighted by molar-refractivity contribution is -0.123. The van der Waals surface area contributed by atoms with Gasteiger partial charge >= 0.3 is 0 Å². The van der Waals surface area contributed by atoms with E-state index >= 15 is 0 Å². The van der Waals surface area contributed by atoms with Gasteiger partial charge in [-0.3, -0.25) is 19.7 Å². The van der Waals surface area contributed by atoms with Gasteiger partial charge in [0.25, 0.3) is 5.91 Å². The zero-order chi connectivity index (χ0) is 17.8. The molecule has 0 unspecified atom stereocenters. The van der Waals surface area contributed by atoms with Gasteiger partial charge in [0.15, 0.2) is 5.11 Å². The molecule has 0 radical (unpaired) electrons. The standard InChI is InChI=1S/C18H17N5OS/c1-11-8-14(5-4-13(11)10-19)22-16(24)18(6-3-7-18)23(17(22)25)15-9-12(2)20-21-15/h4-5,8-9H,3,6-7H2,1-2H3,(H,20,21). The highest BCUT2D eigenvalue weighted by atomic mass is 32.1. The molecule has 1 aromatic carbocycles. The zero-order valence-electron chi connectivity index (χ0n) is 14.0. The summed E-state index contributed by atoms with van der Waals surface area (Å²) in [6.07, 6.45) is 2.55. The second kappa shape index (κ2) is 5.39. The van der Waals surface area contributed by atoms with Gasteiger partial charge in [-0.2, -0.15) is 10.4 Å². The molecule has 1 aliphatic carbocycles. The fourth-order valence-corrected chi connectivity index (χ4v) is 4.08. The number of benzene rings is 1. The minimum atomic E-state index is -0.613. The molecule has 6 nitrogen and oxygen atoms in total. The van der Waals surface area contributed by atoms with Crippen LogP contribution in [0.4, 0.5) is 11.5 Å². The summed E-state index contributed by atoms with van der Waals surface area (Å²) in [7, 11) is 0. The molecule has 1 N–H and O–H groups in total. The number of aromatic nitrogens is 2. The second-order valence-electron chi connectivity index (χ2n) is 6.65. The number of thiocarbonyl (C=S) groups is 1. The number of aromatic amines is 1. The lowest BCUT2D eigenvalue weighted by Crippen LogP contribution is -2.55. The van der Waals surface area contributed by atoms with Crippen LogP contribution in [0.1, 0.15) is 36.1 Å². The van der Waals surface area contributed by atoms with Crippen molar-refractivity contribution in [1.82, 2.24) is 10.2 Å². The smallest absolute Gasteiger partial charge is 0.259 e. The van der Waals surface area contributed by atoms with Gasteiger partial charge in [0.05, 0.1) is 23.0 Å². The van der Waals surface area contributed by atoms with Gasteiger partial charge in [-0.25, -0.2) is 0 Å². The molecule has 1 aliphatic heterocycles. The van der Waals surface area contributed by atoms with Crippen molar-refractivity contribution >= 4 is 34.7 Å². The van der Waals surface area contributed by atoms with Gasteiger partial charge < -0.3 is 0 Å². The fraction of sp³-hybridized carbons (Fsp3) is 0.333. The van der Waals surface area contributed by atoms with Crippen LogP contribution in [0.25, 0.3) is 0 Å².